The van der Waals surface area contributed by atoms with Crippen LogP contribution in [0.4, 0.5) is 5.13 Å². The number of hydrogen-bond acceptors (Lipinski definition) is 6. The highest BCUT2D eigenvalue weighted by atomic mass is 32.1. The van der Waals surface area contributed by atoms with Crippen LogP contribution in [-0.4, -0.2) is 33.4 Å². The number of aromatic nitrogens is 2. The van der Waals surface area contributed by atoms with Crippen molar-refractivity contribution >= 4 is 28.3 Å². The molecule has 0 atom stereocenters. The van der Waals surface area contributed by atoms with E-state index in [2.05, 4.69) is 15.5 Å². The Morgan fingerprint density at radius 1 is 1.36 bits per heavy atom. The maximum atomic E-state index is 12.6. The largest absolute Gasteiger partial charge is 0.361 e. The fourth-order valence-electron chi connectivity index (χ4n) is 3.03. The zero-order valence-corrected chi connectivity index (χ0v) is 15.1. The van der Waals surface area contributed by atoms with Crippen LogP contribution in [0.2, 0.25) is 0 Å². The van der Waals surface area contributed by atoms with Crippen LogP contribution in [0.3, 0.4) is 0 Å². The summed E-state index contributed by atoms with van der Waals surface area (Å²) in [5.41, 5.74) is 2.64. The van der Waals surface area contributed by atoms with Gasteiger partial charge in [-0.05, 0) is 26.7 Å². The molecule has 2 aromatic rings. The van der Waals surface area contributed by atoms with Gasteiger partial charge in [0.25, 0.3) is 0 Å². The molecular weight excluding hydrogens is 340 g/mol. The second-order valence-electron chi connectivity index (χ2n) is 6.70. The maximum absolute atomic E-state index is 12.6. The van der Waals surface area contributed by atoms with Crippen molar-refractivity contribution in [3.8, 4) is 0 Å². The molecule has 3 heterocycles. The zero-order valence-electron chi connectivity index (χ0n) is 14.3. The highest BCUT2D eigenvalue weighted by Crippen LogP contribution is 2.33. The third-order valence-corrected chi connectivity index (χ3v) is 5.77. The standard InChI is InChI=1S/C17H20N4O3S/c1-9-12(10(2)24-20-9)7-15(22)21-6-5-13-14(8-21)25-17(18-13)19-16(23)11-3-4-11/h11H,3-8H2,1-2H3,(H,18,19,23). The van der Waals surface area contributed by atoms with Gasteiger partial charge in [-0.3, -0.25) is 9.59 Å². The summed E-state index contributed by atoms with van der Waals surface area (Å²) in [5, 5.41) is 7.46. The molecule has 0 unspecified atom stereocenters. The number of nitrogens with zero attached hydrogens (tertiary/aromatic N) is 3. The number of thiazole rings is 1. The minimum absolute atomic E-state index is 0.0667. The number of anilines is 1. The van der Waals surface area contributed by atoms with Gasteiger partial charge in [0.05, 0.1) is 24.4 Å². The lowest BCUT2D eigenvalue weighted by atomic mass is 10.1. The first-order chi connectivity index (χ1) is 12.0. The highest BCUT2D eigenvalue weighted by Gasteiger charge is 2.31. The smallest absolute Gasteiger partial charge is 0.229 e. The minimum Gasteiger partial charge on any atom is -0.361 e. The SMILES string of the molecule is Cc1noc(C)c1CC(=O)N1CCc2nc(NC(=O)C3CC3)sc2C1. The maximum Gasteiger partial charge on any atom is 0.229 e. The lowest BCUT2D eigenvalue weighted by molar-refractivity contribution is -0.131. The molecule has 132 valence electrons. The molecule has 0 radical (unpaired) electrons. The van der Waals surface area contributed by atoms with Gasteiger partial charge in [0.2, 0.25) is 11.8 Å². The Morgan fingerprint density at radius 3 is 2.84 bits per heavy atom. The Hall–Kier alpha value is -2.22. The van der Waals surface area contributed by atoms with Gasteiger partial charge in [-0.2, -0.15) is 0 Å². The summed E-state index contributed by atoms with van der Waals surface area (Å²) < 4.78 is 5.14. The van der Waals surface area contributed by atoms with Gasteiger partial charge in [-0.15, -0.1) is 0 Å². The van der Waals surface area contributed by atoms with E-state index < -0.39 is 0 Å². The molecule has 1 aliphatic heterocycles. The van der Waals surface area contributed by atoms with E-state index in [1.165, 1.54) is 11.3 Å². The van der Waals surface area contributed by atoms with Crippen molar-refractivity contribution in [2.45, 2.75) is 46.1 Å². The quantitative estimate of drug-likeness (QED) is 0.903. The van der Waals surface area contributed by atoms with Crippen molar-refractivity contribution in [1.82, 2.24) is 15.0 Å². The van der Waals surface area contributed by atoms with E-state index in [0.717, 1.165) is 41.1 Å². The molecule has 1 saturated carbocycles. The summed E-state index contributed by atoms with van der Waals surface area (Å²) in [7, 11) is 0. The first-order valence-electron chi connectivity index (χ1n) is 8.50. The predicted molar refractivity (Wildman–Crippen MR) is 92.3 cm³/mol. The molecule has 1 aliphatic carbocycles. The van der Waals surface area contributed by atoms with Crippen molar-refractivity contribution in [2.24, 2.45) is 5.92 Å². The van der Waals surface area contributed by atoms with Crippen LogP contribution >= 0.6 is 11.3 Å². The third-order valence-electron chi connectivity index (χ3n) is 4.77. The Bertz CT molecular complexity index is 818. The number of nitrogens with one attached hydrogen (secondary N) is 1. The molecule has 1 N–H and O–H groups in total. The zero-order chi connectivity index (χ0) is 17.6. The summed E-state index contributed by atoms with van der Waals surface area (Å²) >= 11 is 1.48. The lowest BCUT2D eigenvalue weighted by Crippen LogP contribution is -2.36. The number of aryl methyl sites for hydroxylation is 2. The molecule has 0 saturated heterocycles. The summed E-state index contributed by atoms with van der Waals surface area (Å²) in [4.78, 5) is 31.9. The van der Waals surface area contributed by atoms with Crippen LogP contribution in [0, 0.1) is 19.8 Å². The number of fused-ring (bicyclic) bond motifs is 1. The molecule has 7 nitrogen and oxygen atoms in total. The average molecular weight is 360 g/mol. The Morgan fingerprint density at radius 2 is 2.16 bits per heavy atom. The number of amides is 2. The van der Waals surface area contributed by atoms with E-state index >= 15 is 0 Å². The molecule has 0 spiro atoms. The fourth-order valence-corrected chi connectivity index (χ4v) is 4.06. The molecular formula is C17H20N4O3S. The third kappa shape index (κ3) is 3.30. The Labute approximate surface area is 149 Å². The van der Waals surface area contributed by atoms with Gasteiger partial charge in [0, 0.05) is 29.3 Å². The molecule has 0 bridgehead atoms. The van der Waals surface area contributed by atoms with Gasteiger partial charge in [0.15, 0.2) is 5.13 Å². The summed E-state index contributed by atoms with van der Waals surface area (Å²) in [5.74, 6) is 0.995. The first-order valence-corrected chi connectivity index (χ1v) is 9.32. The van der Waals surface area contributed by atoms with Crippen molar-refractivity contribution in [1.29, 1.82) is 0 Å². The van der Waals surface area contributed by atoms with Crippen LogP contribution in [0.25, 0.3) is 0 Å². The van der Waals surface area contributed by atoms with E-state index in [1.807, 2.05) is 18.7 Å². The molecule has 1 fully saturated rings. The molecule has 4 rings (SSSR count). The topological polar surface area (TPSA) is 88.3 Å². The predicted octanol–water partition coefficient (Wildman–Crippen LogP) is 2.22. The molecule has 8 heteroatoms. The monoisotopic (exact) mass is 360 g/mol. The van der Waals surface area contributed by atoms with E-state index in [1.54, 1.807) is 0 Å². The molecule has 2 aliphatic rings. The number of rotatable bonds is 4. The molecule has 2 amide bonds. The van der Waals surface area contributed by atoms with Crippen LogP contribution in [0.5, 0.6) is 0 Å². The summed E-state index contributed by atoms with van der Waals surface area (Å²) in [6, 6.07) is 0. The van der Waals surface area contributed by atoms with E-state index in [4.69, 9.17) is 4.52 Å². The van der Waals surface area contributed by atoms with Gasteiger partial charge in [-0.1, -0.05) is 16.5 Å². The van der Waals surface area contributed by atoms with Gasteiger partial charge in [0.1, 0.15) is 5.76 Å². The van der Waals surface area contributed by atoms with Crippen molar-refractivity contribution < 1.29 is 14.1 Å². The second kappa shape index (κ2) is 6.25. The van der Waals surface area contributed by atoms with E-state index in [-0.39, 0.29) is 17.7 Å². The van der Waals surface area contributed by atoms with Crippen LogP contribution in [0.1, 0.15) is 40.4 Å². The summed E-state index contributed by atoms with van der Waals surface area (Å²) in [6.07, 6.45) is 2.97. The highest BCUT2D eigenvalue weighted by molar-refractivity contribution is 7.15. The van der Waals surface area contributed by atoms with Gasteiger partial charge in [-0.25, -0.2) is 4.98 Å². The molecule has 0 aromatic carbocycles. The lowest BCUT2D eigenvalue weighted by Gasteiger charge is -2.26. The Kier molecular flexibility index (Phi) is 4.07. The van der Waals surface area contributed by atoms with E-state index in [9.17, 15) is 9.59 Å². The average Bonchev–Trinajstić information content (AvgIpc) is 3.30. The van der Waals surface area contributed by atoms with Crippen LogP contribution in [0.15, 0.2) is 4.52 Å². The van der Waals surface area contributed by atoms with Crippen LogP contribution < -0.4 is 5.32 Å². The molecule has 25 heavy (non-hydrogen) atoms. The van der Waals surface area contributed by atoms with Crippen molar-refractivity contribution in [3.63, 3.8) is 0 Å². The normalized spacial score (nSPS) is 16.6. The molecule has 2 aromatic heterocycles. The van der Waals surface area contributed by atoms with Gasteiger partial charge >= 0.3 is 0 Å². The van der Waals surface area contributed by atoms with Crippen LogP contribution in [-0.2, 0) is 29.0 Å². The van der Waals surface area contributed by atoms with Gasteiger partial charge < -0.3 is 14.7 Å². The number of carbonyl (C=O) groups is 2. The minimum atomic E-state index is 0.0667. The van der Waals surface area contributed by atoms with Crippen molar-refractivity contribution in [3.05, 3.63) is 27.6 Å². The Balaban J connectivity index is 1.42. The fraction of sp³-hybridized carbons (Fsp3) is 0.529. The van der Waals surface area contributed by atoms with E-state index in [0.29, 0.717) is 30.4 Å². The van der Waals surface area contributed by atoms with Crippen molar-refractivity contribution in [2.75, 3.05) is 11.9 Å². The summed E-state index contributed by atoms with van der Waals surface area (Å²) in [6.45, 7) is 4.88. The second-order valence-corrected chi connectivity index (χ2v) is 7.78. The first kappa shape index (κ1) is 16.3. The number of carbonyl (C=O) groups excluding carboxylic acids is 2. The number of hydrogen-bond donors (Lipinski definition) is 1.